The minimum absolute atomic E-state index is 0.0240. The number of carbonyl (C=O) groups excluding carboxylic acids is 2. The van der Waals surface area contributed by atoms with E-state index in [0.717, 1.165) is 5.69 Å². The van der Waals surface area contributed by atoms with E-state index in [2.05, 4.69) is 0 Å². The summed E-state index contributed by atoms with van der Waals surface area (Å²) in [5, 5.41) is 0.797. The summed E-state index contributed by atoms with van der Waals surface area (Å²) in [6.07, 6.45) is 1.54. The average molecular weight is 692 g/mol. The summed E-state index contributed by atoms with van der Waals surface area (Å²) in [4.78, 5) is 30.0. The molecule has 0 radical (unpaired) electrons. The van der Waals surface area contributed by atoms with Crippen LogP contribution in [-0.4, -0.2) is 51.9 Å². The van der Waals surface area contributed by atoms with E-state index >= 15 is 0 Å². The van der Waals surface area contributed by atoms with Gasteiger partial charge in [-0.15, -0.1) is 0 Å². The number of hydrogen-bond acceptors (Lipinski definition) is 8. The molecule has 0 saturated heterocycles. The van der Waals surface area contributed by atoms with Crippen LogP contribution in [0.2, 0.25) is 5.02 Å². The van der Waals surface area contributed by atoms with Crippen molar-refractivity contribution in [1.82, 2.24) is 4.90 Å². The van der Waals surface area contributed by atoms with Crippen LogP contribution in [0.4, 0.5) is 11.4 Å². The highest BCUT2D eigenvalue weighted by atomic mass is 35.5. The summed E-state index contributed by atoms with van der Waals surface area (Å²) in [5.74, 6) is -0.351. The maximum Gasteiger partial charge on any atom is 0.374 e. The van der Waals surface area contributed by atoms with Crippen molar-refractivity contribution in [3.05, 3.63) is 112 Å². The maximum absolute atomic E-state index is 14.5. The molecule has 10 nitrogen and oxygen atoms in total. The molecular formula is C36H38ClN3O7S. The second-order valence-electron chi connectivity index (χ2n) is 11.2. The van der Waals surface area contributed by atoms with Gasteiger partial charge in [-0.3, -0.25) is 9.10 Å². The first kappa shape index (κ1) is 34.6. The third-order valence-electron chi connectivity index (χ3n) is 8.18. The van der Waals surface area contributed by atoms with Gasteiger partial charge in [0.2, 0.25) is 5.76 Å². The van der Waals surface area contributed by atoms with Crippen LogP contribution in [0.3, 0.4) is 0 Å². The zero-order chi connectivity index (χ0) is 34.6. The molecule has 1 amide bonds. The normalized spacial score (nSPS) is 11.5. The minimum atomic E-state index is -4.16. The lowest BCUT2D eigenvalue weighted by atomic mass is 10.1. The number of amides is 1. The quantitative estimate of drug-likeness (QED) is 0.116. The van der Waals surface area contributed by atoms with E-state index in [-0.39, 0.29) is 42.8 Å². The Morgan fingerprint density at radius 1 is 0.917 bits per heavy atom. The van der Waals surface area contributed by atoms with Crippen LogP contribution in [0.15, 0.2) is 92.8 Å². The Kier molecular flexibility index (Phi) is 10.5. The monoisotopic (exact) mass is 691 g/mol. The third kappa shape index (κ3) is 6.93. The van der Waals surface area contributed by atoms with Gasteiger partial charge in [0, 0.05) is 43.3 Å². The van der Waals surface area contributed by atoms with Gasteiger partial charge in [-0.2, -0.15) is 0 Å². The summed E-state index contributed by atoms with van der Waals surface area (Å²) in [7, 11) is -2.24. The number of ether oxygens (including phenoxy) is 1. The van der Waals surface area contributed by atoms with Crippen molar-refractivity contribution in [2.75, 3.05) is 35.9 Å². The molecule has 5 aromatic rings. The number of furan rings is 2. The number of esters is 1. The van der Waals surface area contributed by atoms with E-state index in [1.165, 1.54) is 22.7 Å². The van der Waals surface area contributed by atoms with Crippen LogP contribution < -0.4 is 9.21 Å². The SMILES string of the molecule is CCOC(=O)c1oc2ccc(S(=O)(=O)N(CC)c3cc(N(C)CC)ccc3CN(Cc3ccco3)C(=O)c3ccccc3Cl)cc2c1C. The molecule has 3 aromatic carbocycles. The molecule has 0 saturated carbocycles. The first-order valence-corrected chi connectivity index (χ1v) is 17.4. The maximum atomic E-state index is 14.5. The molecule has 252 valence electrons. The van der Waals surface area contributed by atoms with Gasteiger partial charge < -0.3 is 23.4 Å². The lowest BCUT2D eigenvalue weighted by Gasteiger charge is -2.30. The van der Waals surface area contributed by atoms with Gasteiger partial charge in [0.1, 0.15) is 11.3 Å². The van der Waals surface area contributed by atoms with Crippen molar-refractivity contribution >= 4 is 55.8 Å². The smallest absolute Gasteiger partial charge is 0.374 e. The van der Waals surface area contributed by atoms with Crippen LogP contribution in [0.1, 0.15) is 58.6 Å². The molecule has 2 aromatic heterocycles. The van der Waals surface area contributed by atoms with Crippen molar-refractivity contribution in [3.8, 4) is 0 Å². The molecule has 12 heteroatoms. The molecule has 0 fully saturated rings. The van der Waals surface area contributed by atoms with Gasteiger partial charge in [-0.05, 0) is 87.9 Å². The summed E-state index contributed by atoms with van der Waals surface area (Å²) in [5.41, 5.74) is 3.01. The van der Waals surface area contributed by atoms with Gasteiger partial charge in [0.25, 0.3) is 15.9 Å². The van der Waals surface area contributed by atoms with Crippen molar-refractivity contribution in [2.45, 2.75) is 45.7 Å². The van der Waals surface area contributed by atoms with E-state index in [0.29, 0.717) is 50.7 Å². The fourth-order valence-electron chi connectivity index (χ4n) is 5.49. The minimum Gasteiger partial charge on any atom is -0.467 e. The molecule has 5 rings (SSSR count). The number of carbonyl (C=O) groups is 2. The number of halogens is 1. The topological polar surface area (TPSA) is 114 Å². The Morgan fingerprint density at radius 2 is 1.69 bits per heavy atom. The van der Waals surface area contributed by atoms with Crippen molar-refractivity contribution in [1.29, 1.82) is 0 Å². The van der Waals surface area contributed by atoms with Gasteiger partial charge in [0.05, 0.1) is 40.6 Å². The zero-order valence-corrected chi connectivity index (χ0v) is 29.1. The Hall–Kier alpha value is -4.74. The van der Waals surface area contributed by atoms with E-state index in [9.17, 15) is 18.0 Å². The number of hydrogen-bond donors (Lipinski definition) is 0. The van der Waals surface area contributed by atoms with Crippen molar-refractivity contribution in [2.24, 2.45) is 0 Å². The Bertz CT molecular complexity index is 2040. The largest absolute Gasteiger partial charge is 0.467 e. The number of benzene rings is 3. The molecule has 0 unspecified atom stereocenters. The first-order valence-electron chi connectivity index (χ1n) is 15.6. The summed E-state index contributed by atoms with van der Waals surface area (Å²) >= 11 is 6.44. The standard InChI is InChI=1S/C36H38ClN3O7S/c1-6-38(5)26-16-15-25(22-39(23-27-12-11-19-46-27)35(41)29-13-9-10-14-31(29)37)32(20-26)40(7-2)48(43,44)28-17-18-33-30(21-28)24(4)34(47-33)36(42)45-8-3/h9-21H,6-8,22-23H2,1-5H3. The van der Waals surface area contributed by atoms with E-state index < -0.39 is 16.0 Å². The molecule has 0 aliphatic rings. The highest BCUT2D eigenvalue weighted by Crippen LogP contribution is 2.35. The molecule has 0 aliphatic carbocycles. The molecule has 0 N–H and O–H groups in total. The molecule has 0 spiro atoms. The Morgan fingerprint density at radius 3 is 2.35 bits per heavy atom. The lowest BCUT2D eigenvalue weighted by molar-refractivity contribution is 0.0491. The number of fused-ring (bicyclic) bond motifs is 1. The predicted molar refractivity (Wildman–Crippen MR) is 186 cm³/mol. The molecule has 48 heavy (non-hydrogen) atoms. The molecule has 0 bridgehead atoms. The van der Waals surface area contributed by atoms with Gasteiger partial charge in [-0.1, -0.05) is 29.8 Å². The highest BCUT2D eigenvalue weighted by Gasteiger charge is 2.30. The first-order chi connectivity index (χ1) is 23.0. The van der Waals surface area contributed by atoms with Crippen LogP contribution in [0.5, 0.6) is 0 Å². The van der Waals surface area contributed by atoms with Gasteiger partial charge in [0.15, 0.2) is 0 Å². The zero-order valence-electron chi connectivity index (χ0n) is 27.5. The molecular weight excluding hydrogens is 654 g/mol. The number of aryl methyl sites for hydroxylation is 1. The van der Waals surface area contributed by atoms with E-state index in [1.807, 2.05) is 37.1 Å². The second-order valence-corrected chi connectivity index (χ2v) is 13.4. The van der Waals surface area contributed by atoms with Crippen LogP contribution in [0, 0.1) is 6.92 Å². The van der Waals surface area contributed by atoms with Crippen molar-refractivity contribution in [3.63, 3.8) is 0 Å². The lowest BCUT2D eigenvalue weighted by Crippen LogP contribution is -2.34. The number of rotatable bonds is 13. The van der Waals surface area contributed by atoms with Gasteiger partial charge >= 0.3 is 5.97 Å². The van der Waals surface area contributed by atoms with E-state index in [1.54, 1.807) is 68.1 Å². The number of anilines is 2. The Labute approximate surface area is 285 Å². The van der Waals surface area contributed by atoms with Crippen LogP contribution >= 0.6 is 11.6 Å². The average Bonchev–Trinajstić information content (AvgIpc) is 3.72. The predicted octanol–water partition coefficient (Wildman–Crippen LogP) is 7.68. The molecule has 0 aliphatic heterocycles. The van der Waals surface area contributed by atoms with Gasteiger partial charge in [-0.25, -0.2) is 13.2 Å². The second kappa shape index (κ2) is 14.6. The fraction of sp³-hybridized carbons (Fsp3) is 0.278. The van der Waals surface area contributed by atoms with Crippen LogP contribution in [0.25, 0.3) is 11.0 Å². The highest BCUT2D eigenvalue weighted by molar-refractivity contribution is 7.92. The molecule has 2 heterocycles. The summed E-state index contributed by atoms with van der Waals surface area (Å²) in [6, 6.07) is 20.4. The number of sulfonamides is 1. The Balaban J connectivity index is 1.60. The van der Waals surface area contributed by atoms with Crippen LogP contribution in [-0.2, 0) is 27.8 Å². The number of nitrogens with zero attached hydrogens (tertiary/aromatic N) is 3. The third-order valence-corrected chi connectivity index (χ3v) is 10.4. The van der Waals surface area contributed by atoms with Crippen molar-refractivity contribution < 1.29 is 31.6 Å². The summed E-state index contributed by atoms with van der Waals surface area (Å²) in [6.45, 7) is 8.31. The fourth-order valence-corrected chi connectivity index (χ4v) is 7.23. The van der Waals surface area contributed by atoms with E-state index in [4.69, 9.17) is 25.2 Å². The molecule has 0 atom stereocenters. The summed E-state index contributed by atoms with van der Waals surface area (Å²) < 4.78 is 46.7.